The normalized spacial score (nSPS) is 10.5. The summed E-state index contributed by atoms with van der Waals surface area (Å²) in [5, 5.41) is 6.68. The Labute approximate surface area is 189 Å². The van der Waals surface area contributed by atoms with E-state index in [-0.39, 0.29) is 11.6 Å². The van der Waals surface area contributed by atoms with Crippen molar-refractivity contribution in [2.24, 2.45) is 0 Å². The molecule has 0 aliphatic rings. The number of pyridine rings is 1. The Kier molecular flexibility index (Phi) is 6.12. The third-order valence-corrected chi connectivity index (χ3v) is 5.03. The molecule has 0 aliphatic heterocycles. The number of hydrogen-bond donors (Lipinski definition) is 2. The van der Waals surface area contributed by atoms with Gasteiger partial charge in [-0.2, -0.15) is 0 Å². The molecule has 4 rings (SSSR count). The minimum atomic E-state index is -0.576. The Hall–Kier alpha value is -4.53. The van der Waals surface area contributed by atoms with Crippen molar-refractivity contribution in [1.82, 2.24) is 20.3 Å². The van der Waals surface area contributed by atoms with E-state index in [1.807, 2.05) is 36.4 Å². The molecule has 166 valence electrons. The zero-order chi connectivity index (χ0) is 23.4. The number of carbonyl (C=O) groups excluding carboxylic acids is 2. The molecule has 9 heteroatoms. The smallest absolute Gasteiger partial charge is 0.358 e. The molecular formula is C24H21N5O4. The van der Waals surface area contributed by atoms with Crippen LogP contribution in [0.3, 0.4) is 0 Å². The topological polar surface area (TPSA) is 115 Å². The van der Waals surface area contributed by atoms with Crippen molar-refractivity contribution in [2.45, 2.75) is 0 Å². The molecule has 0 radical (unpaired) electrons. The molecule has 0 spiro atoms. The number of ether oxygens (including phenoxy) is 2. The molecule has 2 aromatic heterocycles. The molecule has 33 heavy (non-hydrogen) atoms. The Balaban J connectivity index is 1.92. The average molecular weight is 443 g/mol. The van der Waals surface area contributed by atoms with Crippen LogP contribution in [0.2, 0.25) is 0 Å². The quantitative estimate of drug-likeness (QED) is 0.435. The van der Waals surface area contributed by atoms with Gasteiger partial charge in [0.05, 0.1) is 49.1 Å². The van der Waals surface area contributed by atoms with Crippen LogP contribution in [0, 0.1) is 0 Å². The van der Waals surface area contributed by atoms with Crippen molar-refractivity contribution in [3.8, 4) is 17.0 Å². The third kappa shape index (κ3) is 4.29. The number of anilines is 2. The van der Waals surface area contributed by atoms with E-state index in [0.29, 0.717) is 39.2 Å². The van der Waals surface area contributed by atoms with Gasteiger partial charge in [0.15, 0.2) is 5.69 Å². The lowest BCUT2D eigenvalue weighted by Crippen LogP contribution is -2.19. The van der Waals surface area contributed by atoms with Crippen molar-refractivity contribution in [3.63, 3.8) is 0 Å². The molecule has 4 aromatic rings. The molecule has 1 amide bonds. The number of amides is 1. The fraction of sp³-hybridized carbons (Fsp3) is 0.125. The van der Waals surface area contributed by atoms with E-state index in [9.17, 15) is 9.59 Å². The van der Waals surface area contributed by atoms with Crippen LogP contribution in [0.4, 0.5) is 11.4 Å². The number of benzene rings is 2. The summed E-state index contributed by atoms with van der Waals surface area (Å²) >= 11 is 0. The first-order chi connectivity index (χ1) is 16.0. The number of rotatable bonds is 6. The predicted octanol–water partition coefficient (Wildman–Crippen LogP) is 3.59. The lowest BCUT2D eigenvalue weighted by molar-refractivity contribution is 0.0593. The summed E-state index contributed by atoms with van der Waals surface area (Å²) in [5.41, 5.74) is 3.62. The van der Waals surface area contributed by atoms with E-state index >= 15 is 0 Å². The summed E-state index contributed by atoms with van der Waals surface area (Å²) in [7, 11) is 4.39. The van der Waals surface area contributed by atoms with E-state index in [1.165, 1.54) is 25.7 Å². The second-order valence-electron chi connectivity index (χ2n) is 6.97. The van der Waals surface area contributed by atoms with E-state index in [4.69, 9.17) is 4.74 Å². The highest BCUT2D eigenvalue weighted by Crippen LogP contribution is 2.37. The van der Waals surface area contributed by atoms with Crippen molar-refractivity contribution < 1.29 is 19.1 Å². The molecule has 0 atom stereocenters. The number of carbonyl (C=O) groups is 2. The monoisotopic (exact) mass is 443 g/mol. The van der Waals surface area contributed by atoms with Crippen molar-refractivity contribution in [2.75, 3.05) is 26.6 Å². The minimum absolute atomic E-state index is 0.0935. The first kappa shape index (κ1) is 21.7. The maximum absolute atomic E-state index is 12.6. The van der Waals surface area contributed by atoms with Crippen LogP contribution in [0.5, 0.6) is 5.75 Å². The zero-order valence-corrected chi connectivity index (χ0v) is 18.2. The van der Waals surface area contributed by atoms with Crippen molar-refractivity contribution >= 4 is 34.2 Å². The summed E-state index contributed by atoms with van der Waals surface area (Å²) in [6.07, 6.45) is 4.33. The SMILES string of the molecule is CNC(=O)c1cnc2cc(OC)c(-c3cnc(C(=O)OC)cn3)cc2c1Nc1ccccc1. The molecule has 0 aliphatic carbocycles. The number of methoxy groups -OCH3 is 2. The number of para-hydroxylation sites is 1. The van der Waals surface area contributed by atoms with Crippen molar-refractivity contribution in [3.05, 3.63) is 72.3 Å². The number of nitrogens with zero attached hydrogens (tertiary/aromatic N) is 3. The van der Waals surface area contributed by atoms with Crippen LogP contribution in [0.25, 0.3) is 22.2 Å². The van der Waals surface area contributed by atoms with E-state index in [1.54, 1.807) is 20.2 Å². The Bertz CT molecular complexity index is 1320. The zero-order valence-electron chi connectivity index (χ0n) is 18.2. The van der Waals surface area contributed by atoms with Gasteiger partial charge in [0.25, 0.3) is 5.91 Å². The summed E-state index contributed by atoms with van der Waals surface area (Å²) < 4.78 is 10.2. The second-order valence-corrected chi connectivity index (χ2v) is 6.97. The molecule has 2 heterocycles. The first-order valence-corrected chi connectivity index (χ1v) is 10.0. The molecule has 2 N–H and O–H groups in total. The van der Waals surface area contributed by atoms with Crippen LogP contribution in [0.1, 0.15) is 20.8 Å². The number of esters is 1. The van der Waals surface area contributed by atoms with Crippen molar-refractivity contribution in [1.29, 1.82) is 0 Å². The average Bonchev–Trinajstić information content (AvgIpc) is 2.87. The summed E-state index contributed by atoms with van der Waals surface area (Å²) in [6.45, 7) is 0. The van der Waals surface area contributed by atoms with Gasteiger partial charge in [-0.3, -0.25) is 14.8 Å². The minimum Gasteiger partial charge on any atom is -0.496 e. The van der Waals surface area contributed by atoms with Crippen LogP contribution in [-0.2, 0) is 4.74 Å². The van der Waals surface area contributed by atoms with Gasteiger partial charge in [-0.15, -0.1) is 0 Å². The Morgan fingerprint density at radius 3 is 2.36 bits per heavy atom. The highest BCUT2D eigenvalue weighted by molar-refractivity contribution is 6.09. The lowest BCUT2D eigenvalue weighted by Gasteiger charge is -2.16. The number of hydrogen-bond acceptors (Lipinski definition) is 8. The van der Waals surface area contributed by atoms with Gasteiger partial charge in [-0.1, -0.05) is 18.2 Å². The van der Waals surface area contributed by atoms with Crippen LogP contribution < -0.4 is 15.4 Å². The van der Waals surface area contributed by atoms with E-state index in [0.717, 1.165) is 5.69 Å². The second kappa shape index (κ2) is 9.31. The van der Waals surface area contributed by atoms with Gasteiger partial charge in [0.2, 0.25) is 0 Å². The van der Waals surface area contributed by atoms with E-state index < -0.39 is 5.97 Å². The molecular weight excluding hydrogens is 422 g/mol. The number of nitrogens with one attached hydrogen (secondary N) is 2. The molecule has 9 nitrogen and oxygen atoms in total. The number of aromatic nitrogens is 3. The fourth-order valence-corrected chi connectivity index (χ4v) is 3.37. The Morgan fingerprint density at radius 1 is 0.939 bits per heavy atom. The standard InChI is InChI=1S/C24H21N5O4/c1-25-23(30)17-11-26-18-10-21(32-2)15(19-12-28-20(13-27-19)24(31)33-3)9-16(18)22(17)29-14-7-5-4-6-8-14/h4-13H,1-3H3,(H,25,30)(H,26,29). The van der Waals surface area contributed by atoms with Gasteiger partial charge in [-0.25, -0.2) is 9.78 Å². The lowest BCUT2D eigenvalue weighted by atomic mass is 10.0. The summed E-state index contributed by atoms with van der Waals surface area (Å²) in [6, 6.07) is 13.1. The maximum atomic E-state index is 12.6. The summed E-state index contributed by atoms with van der Waals surface area (Å²) in [4.78, 5) is 37.3. The predicted molar refractivity (Wildman–Crippen MR) is 124 cm³/mol. The maximum Gasteiger partial charge on any atom is 0.358 e. The van der Waals surface area contributed by atoms with Gasteiger partial charge in [0.1, 0.15) is 5.75 Å². The highest BCUT2D eigenvalue weighted by atomic mass is 16.5. The summed E-state index contributed by atoms with van der Waals surface area (Å²) in [5.74, 6) is -0.329. The van der Waals surface area contributed by atoms with Crippen LogP contribution >= 0.6 is 0 Å². The van der Waals surface area contributed by atoms with Gasteiger partial charge in [-0.05, 0) is 18.2 Å². The van der Waals surface area contributed by atoms with Gasteiger partial charge >= 0.3 is 5.97 Å². The highest BCUT2D eigenvalue weighted by Gasteiger charge is 2.19. The molecule has 2 aromatic carbocycles. The van der Waals surface area contributed by atoms with Gasteiger partial charge in [0, 0.05) is 35.9 Å². The molecule has 0 bridgehead atoms. The van der Waals surface area contributed by atoms with Crippen LogP contribution in [-0.4, -0.2) is 48.1 Å². The molecule has 0 saturated heterocycles. The molecule has 0 unspecified atom stereocenters. The van der Waals surface area contributed by atoms with E-state index in [2.05, 4.69) is 30.3 Å². The van der Waals surface area contributed by atoms with Gasteiger partial charge < -0.3 is 20.1 Å². The first-order valence-electron chi connectivity index (χ1n) is 10.0. The molecule has 0 saturated carbocycles. The Morgan fingerprint density at radius 2 is 1.73 bits per heavy atom. The number of fused-ring (bicyclic) bond motifs is 1. The van der Waals surface area contributed by atoms with Crippen LogP contribution in [0.15, 0.2) is 61.1 Å². The molecule has 0 fully saturated rings. The largest absolute Gasteiger partial charge is 0.496 e. The fourth-order valence-electron chi connectivity index (χ4n) is 3.37. The third-order valence-electron chi connectivity index (χ3n) is 5.03.